The van der Waals surface area contributed by atoms with E-state index in [1.54, 1.807) is 30.2 Å². The molecule has 1 amide bonds. The number of methoxy groups -OCH3 is 1. The van der Waals surface area contributed by atoms with Gasteiger partial charge in [-0.2, -0.15) is 0 Å². The van der Waals surface area contributed by atoms with E-state index >= 15 is 0 Å². The third-order valence-corrected chi connectivity index (χ3v) is 5.98. The van der Waals surface area contributed by atoms with E-state index in [1.807, 2.05) is 12.1 Å². The first-order chi connectivity index (χ1) is 14.5. The van der Waals surface area contributed by atoms with Crippen molar-refractivity contribution in [3.05, 3.63) is 53.8 Å². The maximum absolute atomic E-state index is 14.0. The zero-order valence-electron chi connectivity index (χ0n) is 17.0. The molecular weight excluding hydrogens is 389 g/mol. The van der Waals surface area contributed by atoms with Crippen molar-refractivity contribution >= 4 is 11.7 Å². The van der Waals surface area contributed by atoms with Crippen molar-refractivity contribution in [3.63, 3.8) is 0 Å². The van der Waals surface area contributed by atoms with Crippen LogP contribution in [0.1, 0.15) is 30.9 Å². The Bertz CT molecular complexity index is 865. The molecule has 0 saturated heterocycles. The van der Waals surface area contributed by atoms with Crippen LogP contribution in [0.2, 0.25) is 0 Å². The van der Waals surface area contributed by atoms with Gasteiger partial charge < -0.3 is 19.1 Å². The first-order valence-corrected chi connectivity index (χ1v) is 10.3. The monoisotopic (exact) mass is 415 g/mol. The SMILES string of the molecule is C=CCOc1ccc(C2C3=C(OC4CCC(F)CC4C3=O)C(=O)N2CCOC)cc1. The number of carbonyl (C=O) groups excluding carboxylic acids is 2. The second-order valence-corrected chi connectivity index (χ2v) is 7.84. The average molecular weight is 415 g/mol. The standard InChI is InChI=1S/C23H26FNO5/c1-3-11-29-16-7-4-14(5-8-16)20-19-21(26)17-13-15(24)6-9-18(17)30-22(19)23(27)25(20)10-12-28-2/h3-5,7-8,15,17-18,20H,1,6,9-13H2,2H3. The summed E-state index contributed by atoms with van der Waals surface area (Å²) in [5, 5.41) is 0. The first-order valence-electron chi connectivity index (χ1n) is 10.3. The van der Waals surface area contributed by atoms with Crippen molar-refractivity contribution in [3.8, 4) is 5.75 Å². The van der Waals surface area contributed by atoms with Gasteiger partial charge in [0.2, 0.25) is 0 Å². The minimum absolute atomic E-state index is 0.117. The summed E-state index contributed by atoms with van der Waals surface area (Å²) in [4.78, 5) is 28.1. The van der Waals surface area contributed by atoms with Crippen LogP contribution in [0, 0.1) is 5.92 Å². The highest BCUT2D eigenvalue weighted by molar-refractivity contribution is 6.11. The summed E-state index contributed by atoms with van der Waals surface area (Å²) in [6, 6.07) is 6.69. The maximum atomic E-state index is 14.0. The van der Waals surface area contributed by atoms with E-state index in [0.717, 1.165) is 5.56 Å². The molecule has 30 heavy (non-hydrogen) atoms. The highest BCUT2D eigenvalue weighted by Crippen LogP contribution is 2.47. The van der Waals surface area contributed by atoms with Crippen LogP contribution >= 0.6 is 0 Å². The van der Waals surface area contributed by atoms with Crippen molar-refractivity contribution in [2.24, 2.45) is 5.92 Å². The van der Waals surface area contributed by atoms with Crippen molar-refractivity contribution in [1.82, 2.24) is 4.90 Å². The van der Waals surface area contributed by atoms with Crippen LogP contribution in [0.25, 0.3) is 0 Å². The van der Waals surface area contributed by atoms with Crippen molar-refractivity contribution in [2.75, 3.05) is 26.9 Å². The molecule has 4 rings (SSSR count). The molecule has 0 N–H and O–H groups in total. The quantitative estimate of drug-likeness (QED) is 0.640. The first kappa shape index (κ1) is 20.6. The Kier molecular flexibility index (Phi) is 5.90. The van der Waals surface area contributed by atoms with Gasteiger partial charge in [0.25, 0.3) is 5.91 Å². The molecule has 1 saturated carbocycles. The number of carbonyl (C=O) groups is 2. The Hall–Kier alpha value is -2.67. The average Bonchev–Trinajstić information content (AvgIpc) is 3.03. The van der Waals surface area contributed by atoms with E-state index in [2.05, 4.69) is 6.58 Å². The third-order valence-electron chi connectivity index (χ3n) is 5.98. The molecule has 0 radical (unpaired) electrons. The summed E-state index contributed by atoms with van der Waals surface area (Å²) in [5.74, 6) is -0.242. The molecule has 4 unspecified atom stereocenters. The summed E-state index contributed by atoms with van der Waals surface area (Å²) in [5.41, 5.74) is 1.12. The Balaban J connectivity index is 1.69. The minimum Gasteiger partial charge on any atom is -0.490 e. The number of nitrogens with zero attached hydrogens (tertiary/aromatic N) is 1. The zero-order chi connectivity index (χ0) is 21.3. The summed E-state index contributed by atoms with van der Waals surface area (Å²) >= 11 is 0. The molecule has 0 aromatic heterocycles. The van der Waals surface area contributed by atoms with Crippen LogP contribution in [0.5, 0.6) is 5.75 Å². The van der Waals surface area contributed by atoms with E-state index in [1.165, 1.54) is 0 Å². The molecule has 0 spiro atoms. The fraction of sp³-hybridized carbons (Fsp3) is 0.478. The number of benzene rings is 1. The van der Waals surface area contributed by atoms with E-state index in [0.29, 0.717) is 43.9 Å². The summed E-state index contributed by atoms with van der Waals surface area (Å²) < 4.78 is 30.7. The molecule has 3 aliphatic rings. The van der Waals surface area contributed by atoms with Gasteiger partial charge in [-0.25, -0.2) is 4.39 Å². The Labute approximate surface area is 175 Å². The molecule has 7 heteroatoms. The smallest absolute Gasteiger partial charge is 0.290 e. The lowest BCUT2D eigenvalue weighted by atomic mass is 9.77. The van der Waals surface area contributed by atoms with Gasteiger partial charge in [0.15, 0.2) is 11.5 Å². The predicted octanol–water partition coefficient (Wildman–Crippen LogP) is 3.14. The van der Waals surface area contributed by atoms with Gasteiger partial charge in [-0.1, -0.05) is 24.8 Å². The fourth-order valence-corrected chi connectivity index (χ4v) is 4.53. The number of fused-ring (bicyclic) bond motifs is 1. The lowest BCUT2D eigenvalue weighted by Gasteiger charge is -2.36. The Morgan fingerprint density at radius 2 is 2.03 bits per heavy atom. The number of alkyl halides is 1. The topological polar surface area (TPSA) is 65.1 Å². The van der Waals surface area contributed by atoms with Crippen molar-refractivity contribution in [2.45, 2.75) is 37.6 Å². The predicted molar refractivity (Wildman–Crippen MR) is 108 cm³/mol. The summed E-state index contributed by atoms with van der Waals surface area (Å²) in [7, 11) is 1.56. The highest BCUT2D eigenvalue weighted by Gasteiger charge is 2.52. The van der Waals surface area contributed by atoms with Crippen LogP contribution in [0.4, 0.5) is 4.39 Å². The van der Waals surface area contributed by atoms with Gasteiger partial charge in [0, 0.05) is 13.7 Å². The molecule has 1 aromatic rings. The van der Waals surface area contributed by atoms with Crippen LogP contribution in [0.3, 0.4) is 0 Å². The van der Waals surface area contributed by atoms with E-state index in [4.69, 9.17) is 14.2 Å². The van der Waals surface area contributed by atoms with Crippen LogP contribution in [-0.2, 0) is 19.1 Å². The number of halogens is 1. The Morgan fingerprint density at radius 1 is 1.27 bits per heavy atom. The van der Waals surface area contributed by atoms with Gasteiger partial charge in [-0.15, -0.1) is 0 Å². The van der Waals surface area contributed by atoms with E-state index in [9.17, 15) is 14.0 Å². The highest BCUT2D eigenvalue weighted by atomic mass is 19.1. The summed E-state index contributed by atoms with van der Waals surface area (Å²) in [6.07, 6.45) is 1.16. The molecule has 4 atom stereocenters. The Morgan fingerprint density at radius 3 is 2.73 bits per heavy atom. The fourth-order valence-electron chi connectivity index (χ4n) is 4.53. The normalized spacial score (nSPS) is 28.1. The molecule has 0 bridgehead atoms. The summed E-state index contributed by atoms with van der Waals surface area (Å²) in [6.45, 7) is 4.66. The van der Waals surface area contributed by atoms with Crippen molar-refractivity contribution in [1.29, 1.82) is 0 Å². The number of ether oxygens (including phenoxy) is 3. The van der Waals surface area contributed by atoms with Gasteiger partial charge in [0.1, 0.15) is 24.6 Å². The van der Waals surface area contributed by atoms with Gasteiger partial charge in [0.05, 0.1) is 24.1 Å². The number of hydrogen-bond acceptors (Lipinski definition) is 5. The lowest BCUT2D eigenvalue weighted by Crippen LogP contribution is -2.42. The van der Waals surface area contributed by atoms with Gasteiger partial charge in [-0.3, -0.25) is 9.59 Å². The molecule has 2 aliphatic heterocycles. The van der Waals surface area contributed by atoms with Crippen LogP contribution in [0.15, 0.2) is 48.3 Å². The van der Waals surface area contributed by atoms with E-state index < -0.39 is 24.2 Å². The minimum atomic E-state index is -1.01. The van der Waals surface area contributed by atoms with Crippen molar-refractivity contribution < 1.29 is 28.2 Å². The molecule has 2 heterocycles. The molecule has 160 valence electrons. The van der Waals surface area contributed by atoms with Crippen LogP contribution < -0.4 is 4.74 Å². The van der Waals surface area contributed by atoms with Gasteiger partial charge >= 0.3 is 0 Å². The number of rotatable bonds is 7. The molecule has 1 aromatic carbocycles. The molecule has 1 fully saturated rings. The van der Waals surface area contributed by atoms with Gasteiger partial charge in [-0.05, 0) is 37.0 Å². The lowest BCUT2D eigenvalue weighted by molar-refractivity contribution is -0.136. The number of ketones is 1. The zero-order valence-corrected chi connectivity index (χ0v) is 17.0. The third kappa shape index (κ3) is 3.62. The van der Waals surface area contributed by atoms with Crippen LogP contribution in [-0.4, -0.2) is 55.7 Å². The second kappa shape index (κ2) is 8.60. The maximum Gasteiger partial charge on any atom is 0.290 e. The largest absolute Gasteiger partial charge is 0.490 e. The molecular formula is C23H26FNO5. The molecule has 6 nitrogen and oxygen atoms in total. The number of Topliss-reactive ketones (excluding diaryl/α,β-unsaturated/α-hetero) is 1. The second-order valence-electron chi connectivity index (χ2n) is 7.84. The number of amides is 1. The number of hydrogen-bond donors (Lipinski definition) is 0. The molecule has 1 aliphatic carbocycles. The van der Waals surface area contributed by atoms with E-state index in [-0.39, 0.29) is 23.9 Å².